The monoisotopic (exact) mass is 237 g/mol. The molecule has 96 valence electrons. The molecule has 0 aromatic heterocycles. The van der Waals surface area contributed by atoms with E-state index in [-0.39, 0.29) is 6.04 Å². The zero-order valence-corrected chi connectivity index (χ0v) is 11.2. The van der Waals surface area contributed by atoms with E-state index in [0.29, 0.717) is 13.0 Å². The van der Waals surface area contributed by atoms with E-state index >= 15 is 0 Å². The third-order valence-corrected chi connectivity index (χ3v) is 2.63. The molecule has 0 aliphatic heterocycles. The highest BCUT2D eigenvalue weighted by atomic mass is 16.5. The number of hydrogen-bond donors (Lipinski definition) is 2. The molecule has 0 saturated heterocycles. The van der Waals surface area contributed by atoms with Crippen molar-refractivity contribution < 1.29 is 9.84 Å². The molecule has 1 aromatic rings. The van der Waals surface area contributed by atoms with E-state index in [0.717, 1.165) is 16.9 Å². The Morgan fingerprint density at radius 3 is 2.59 bits per heavy atom. The van der Waals surface area contributed by atoms with Gasteiger partial charge in [-0.05, 0) is 39.3 Å². The highest BCUT2D eigenvalue weighted by Gasteiger charge is 2.14. The number of ether oxygens (including phenoxy) is 1. The van der Waals surface area contributed by atoms with Gasteiger partial charge in [0.1, 0.15) is 5.75 Å². The number of hydrogen-bond acceptors (Lipinski definition) is 3. The van der Waals surface area contributed by atoms with Crippen LogP contribution in [0.15, 0.2) is 18.2 Å². The minimum Gasteiger partial charge on any atom is -0.493 e. The minimum absolute atomic E-state index is 0.0484. The van der Waals surface area contributed by atoms with Crippen molar-refractivity contribution in [3.05, 3.63) is 29.3 Å². The molecule has 1 atom stereocenters. The SMILES string of the molecule is Cc1ccc(C(C)N)c(OCCC(C)(C)O)c1. The van der Waals surface area contributed by atoms with Crippen LogP contribution in [0.25, 0.3) is 0 Å². The van der Waals surface area contributed by atoms with E-state index in [1.54, 1.807) is 13.8 Å². The fourth-order valence-electron chi connectivity index (χ4n) is 1.55. The number of aliphatic hydroxyl groups is 1. The molecule has 0 amide bonds. The second-order valence-electron chi connectivity index (χ2n) is 5.24. The van der Waals surface area contributed by atoms with E-state index in [2.05, 4.69) is 0 Å². The molecule has 3 heteroatoms. The van der Waals surface area contributed by atoms with Gasteiger partial charge in [-0.1, -0.05) is 12.1 Å². The Bertz CT molecular complexity index is 367. The predicted octanol–water partition coefficient (Wildman–Crippen LogP) is 2.55. The molecule has 1 rings (SSSR count). The summed E-state index contributed by atoms with van der Waals surface area (Å²) in [7, 11) is 0. The molecular formula is C14H23NO2. The molecule has 3 N–H and O–H groups in total. The zero-order valence-electron chi connectivity index (χ0n) is 11.2. The lowest BCUT2D eigenvalue weighted by molar-refractivity contribution is 0.0551. The topological polar surface area (TPSA) is 55.5 Å². The van der Waals surface area contributed by atoms with Crippen LogP contribution in [0.1, 0.15) is 44.4 Å². The first-order chi connectivity index (χ1) is 7.79. The Hall–Kier alpha value is -1.06. The van der Waals surface area contributed by atoms with Gasteiger partial charge in [-0.3, -0.25) is 0 Å². The van der Waals surface area contributed by atoms with E-state index in [9.17, 15) is 5.11 Å². The standard InChI is InChI=1S/C14H23NO2/c1-10-5-6-12(11(2)15)13(9-10)17-8-7-14(3,4)16/h5-6,9,11,16H,7-8,15H2,1-4H3. The minimum atomic E-state index is -0.696. The molecule has 0 bridgehead atoms. The van der Waals surface area contributed by atoms with Crippen molar-refractivity contribution in [2.45, 2.75) is 45.8 Å². The summed E-state index contributed by atoms with van der Waals surface area (Å²) in [6.07, 6.45) is 0.597. The fraction of sp³-hybridized carbons (Fsp3) is 0.571. The Labute approximate surface area is 104 Å². The van der Waals surface area contributed by atoms with Crippen LogP contribution >= 0.6 is 0 Å². The summed E-state index contributed by atoms with van der Waals surface area (Å²) in [4.78, 5) is 0. The van der Waals surface area contributed by atoms with Gasteiger partial charge < -0.3 is 15.6 Å². The maximum Gasteiger partial charge on any atom is 0.124 e. The van der Waals surface area contributed by atoms with E-state index < -0.39 is 5.60 Å². The fourth-order valence-corrected chi connectivity index (χ4v) is 1.55. The summed E-state index contributed by atoms with van der Waals surface area (Å²) in [6, 6.07) is 5.97. The lowest BCUT2D eigenvalue weighted by Crippen LogP contribution is -2.22. The highest BCUT2D eigenvalue weighted by Crippen LogP contribution is 2.25. The van der Waals surface area contributed by atoms with Crippen molar-refractivity contribution in [3.63, 3.8) is 0 Å². The molecule has 3 nitrogen and oxygen atoms in total. The maximum atomic E-state index is 9.62. The van der Waals surface area contributed by atoms with E-state index in [1.165, 1.54) is 0 Å². The van der Waals surface area contributed by atoms with Gasteiger partial charge in [-0.15, -0.1) is 0 Å². The Kier molecular flexibility index (Phi) is 4.54. The van der Waals surface area contributed by atoms with Crippen LogP contribution in [0.2, 0.25) is 0 Å². The first kappa shape index (κ1) is 14.0. The summed E-state index contributed by atoms with van der Waals surface area (Å²) >= 11 is 0. The molecule has 17 heavy (non-hydrogen) atoms. The van der Waals surface area contributed by atoms with Crippen LogP contribution in [0.4, 0.5) is 0 Å². The van der Waals surface area contributed by atoms with Gasteiger partial charge in [0.15, 0.2) is 0 Å². The number of rotatable bonds is 5. The van der Waals surface area contributed by atoms with Gasteiger partial charge in [0.05, 0.1) is 12.2 Å². The summed E-state index contributed by atoms with van der Waals surface area (Å²) < 4.78 is 5.72. The lowest BCUT2D eigenvalue weighted by Gasteiger charge is -2.19. The number of benzene rings is 1. The molecule has 0 aliphatic carbocycles. The van der Waals surface area contributed by atoms with Gasteiger partial charge in [0, 0.05) is 18.0 Å². The Morgan fingerprint density at radius 1 is 1.41 bits per heavy atom. The summed E-state index contributed by atoms with van der Waals surface area (Å²) in [6.45, 7) is 8.01. The molecule has 0 radical (unpaired) electrons. The van der Waals surface area contributed by atoms with Crippen molar-refractivity contribution in [1.29, 1.82) is 0 Å². The number of aryl methyl sites for hydroxylation is 1. The second kappa shape index (κ2) is 5.52. The molecule has 0 spiro atoms. The van der Waals surface area contributed by atoms with Crippen LogP contribution in [-0.2, 0) is 0 Å². The summed E-state index contributed by atoms with van der Waals surface area (Å²) in [5, 5.41) is 9.62. The average molecular weight is 237 g/mol. The maximum absolute atomic E-state index is 9.62. The summed E-state index contributed by atoms with van der Waals surface area (Å²) in [5.74, 6) is 0.823. The van der Waals surface area contributed by atoms with Gasteiger partial charge in [0.2, 0.25) is 0 Å². The average Bonchev–Trinajstić information content (AvgIpc) is 2.15. The van der Waals surface area contributed by atoms with Crippen molar-refractivity contribution >= 4 is 0 Å². The zero-order chi connectivity index (χ0) is 13.1. The lowest BCUT2D eigenvalue weighted by atomic mass is 10.1. The quantitative estimate of drug-likeness (QED) is 0.827. The van der Waals surface area contributed by atoms with Gasteiger partial charge in [0.25, 0.3) is 0 Å². The normalized spacial score (nSPS) is 13.5. The van der Waals surface area contributed by atoms with Gasteiger partial charge >= 0.3 is 0 Å². The molecular weight excluding hydrogens is 214 g/mol. The molecule has 0 heterocycles. The van der Waals surface area contributed by atoms with Gasteiger partial charge in [-0.25, -0.2) is 0 Å². The molecule has 0 aliphatic rings. The van der Waals surface area contributed by atoms with Crippen molar-refractivity contribution in [2.75, 3.05) is 6.61 Å². The van der Waals surface area contributed by atoms with Crippen LogP contribution in [0, 0.1) is 6.92 Å². The first-order valence-corrected chi connectivity index (χ1v) is 6.01. The second-order valence-corrected chi connectivity index (χ2v) is 5.24. The number of nitrogens with two attached hydrogens (primary N) is 1. The van der Waals surface area contributed by atoms with Crippen LogP contribution in [-0.4, -0.2) is 17.3 Å². The highest BCUT2D eigenvalue weighted by molar-refractivity contribution is 5.38. The van der Waals surface area contributed by atoms with E-state index in [1.807, 2.05) is 32.0 Å². The van der Waals surface area contributed by atoms with Crippen LogP contribution in [0.3, 0.4) is 0 Å². The third-order valence-electron chi connectivity index (χ3n) is 2.63. The Balaban J connectivity index is 2.72. The largest absolute Gasteiger partial charge is 0.493 e. The van der Waals surface area contributed by atoms with Crippen molar-refractivity contribution in [1.82, 2.24) is 0 Å². The van der Waals surface area contributed by atoms with Crippen molar-refractivity contribution in [3.8, 4) is 5.75 Å². The summed E-state index contributed by atoms with van der Waals surface area (Å²) in [5.41, 5.74) is 7.35. The first-order valence-electron chi connectivity index (χ1n) is 6.01. The molecule has 0 fully saturated rings. The molecule has 0 saturated carbocycles. The Morgan fingerprint density at radius 2 is 2.06 bits per heavy atom. The van der Waals surface area contributed by atoms with Crippen LogP contribution in [0.5, 0.6) is 5.75 Å². The molecule has 1 aromatic carbocycles. The predicted molar refractivity (Wildman–Crippen MR) is 70.2 cm³/mol. The van der Waals surface area contributed by atoms with Crippen LogP contribution < -0.4 is 10.5 Å². The van der Waals surface area contributed by atoms with Crippen molar-refractivity contribution in [2.24, 2.45) is 5.73 Å². The van der Waals surface area contributed by atoms with Gasteiger partial charge in [-0.2, -0.15) is 0 Å². The van der Waals surface area contributed by atoms with E-state index in [4.69, 9.17) is 10.5 Å². The third kappa shape index (κ3) is 4.75. The molecule has 1 unspecified atom stereocenters. The smallest absolute Gasteiger partial charge is 0.124 e.